The second-order valence-electron chi connectivity index (χ2n) is 7.24. The van der Waals surface area contributed by atoms with Crippen LogP contribution in [-0.2, 0) is 9.53 Å². The fraction of sp³-hybridized carbons (Fsp3) is 0.682. The molecule has 148 valence electrons. The largest absolute Gasteiger partial charge is 0.469 e. The lowest BCUT2D eigenvalue weighted by atomic mass is 9.89. The first kappa shape index (κ1) is 22.7. The lowest BCUT2D eigenvalue weighted by Gasteiger charge is -2.19. The fourth-order valence-corrected chi connectivity index (χ4v) is 3.41. The van der Waals surface area contributed by atoms with Gasteiger partial charge in [-0.25, -0.2) is 0 Å². The van der Waals surface area contributed by atoms with Crippen molar-refractivity contribution in [2.45, 2.75) is 77.4 Å². The first-order valence-corrected chi connectivity index (χ1v) is 9.92. The summed E-state index contributed by atoms with van der Waals surface area (Å²) in [5, 5.41) is 20.6. The number of rotatable bonds is 11. The lowest BCUT2D eigenvalue weighted by molar-refractivity contribution is -0.140. The van der Waals surface area contributed by atoms with Crippen LogP contribution in [0.25, 0.3) is 0 Å². The molecule has 4 nitrogen and oxygen atoms in total. The number of allylic oxidation sites excluding steroid dienone is 5. The number of carbonyl (C=O) groups is 1. The Morgan fingerprint density at radius 2 is 1.92 bits per heavy atom. The zero-order chi connectivity index (χ0) is 19.4. The Hall–Kier alpha value is -1.39. The Labute approximate surface area is 158 Å². The van der Waals surface area contributed by atoms with E-state index in [1.54, 1.807) is 0 Å². The molecule has 0 aliphatic heterocycles. The molecule has 0 aromatic heterocycles. The number of aliphatic hydroxyl groups excluding tert-OH is 2. The maximum absolute atomic E-state index is 11.1. The van der Waals surface area contributed by atoms with Crippen molar-refractivity contribution in [3.05, 3.63) is 36.0 Å². The molecule has 0 heterocycles. The maximum atomic E-state index is 11.1. The van der Waals surface area contributed by atoms with Gasteiger partial charge >= 0.3 is 5.97 Å². The van der Waals surface area contributed by atoms with Gasteiger partial charge in [-0.05, 0) is 38.5 Å². The van der Waals surface area contributed by atoms with Crippen LogP contribution in [0.2, 0.25) is 0 Å². The Kier molecular flexibility index (Phi) is 11.2. The molecule has 1 aliphatic rings. The van der Waals surface area contributed by atoms with Crippen molar-refractivity contribution in [1.82, 2.24) is 0 Å². The zero-order valence-corrected chi connectivity index (χ0v) is 16.6. The van der Waals surface area contributed by atoms with Crippen LogP contribution in [0.4, 0.5) is 0 Å². The highest BCUT2D eigenvalue weighted by molar-refractivity contribution is 5.69. The summed E-state index contributed by atoms with van der Waals surface area (Å²) in [6.45, 7) is 4.27. The molecule has 0 unspecified atom stereocenters. The minimum atomic E-state index is -0.484. The first-order chi connectivity index (χ1) is 12.5. The number of carbonyl (C=O) groups excluding carboxylic acids is 1. The third-order valence-electron chi connectivity index (χ3n) is 5.08. The van der Waals surface area contributed by atoms with Gasteiger partial charge in [0.15, 0.2) is 0 Å². The van der Waals surface area contributed by atoms with Gasteiger partial charge in [-0.3, -0.25) is 4.79 Å². The third-order valence-corrected chi connectivity index (χ3v) is 5.08. The zero-order valence-electron chi connectivity index (χ0n) is 16.6. The average Bonchev–Trinajstić information content (AvgIpc) is 2.89. The molecule has 26 heavy (non-hydrogen) atoms. The molecule has 0 aromatic rings. The molecule has 4 heteroatoms. The summed E-state index contributed by atoms with van der Waals surface area (Å²) in [4.78, 5) is 11.1. The molecular weight excluding hydrogens is 328 g/mol. The van der Waals surface area contributed by atoms with Crippen molar-refractivity contribution in [2.75, 3.05) is 7.11 Å². The second-order valence-corrected chi connectivity index (χ2v) is 7.24. The molecule has 0 amide bonds. The van der Waals surface area contributed by atoms with Gasteiger partial charge in [0.25, 0.3) is 0 Å². The molecule has 1 fully saturated rings. The van der Waals surface area contributed by atoms with E-state index in [0.717, 1.165) is 25.7 Å². The highest BCUT2D eigenvalue weighted by atomic mass is 16.5. The molecule has 2 N–H and O–H groups in total. The molecule has 1 rings (SSSR count). The Balaban J connectivity index is 2.51. The molecule has 4 atom stereocenters. The third kappa shape index (κ3) is 8.33. The fourth-order valence-electron chi connectivity index (χ4n) is 3.41. The van der Waals surface area contributed by atoms with Gasteiger partial charge in [-0.15, -0.1) is 0 Å². The molecule has 0 saturated heterocycles. The minimum Gasteiger partial charge on any atom is -0.469 e. The van der Waals surface area contributed by atoms with Crippen LogP contribution in [0.15, 0.2) is 36.0 Å². The SMILES string of the molecule is CCCC/C=C(C)/C=C/[C@@H]1[C@@H](C/C=C\CCCC(=O)OC)[C@@H](O)C[C@H]1O. The summed E-state index contributed by atoms with van der Waals surface area (Å²) in [5.74, 6) is -0.152. The van der Waals surface area contributed by atoms with E-state index in [1.165, 1.54) is 25.5 Å². The van der Waals surface area contributed by atoms with E-state index < -0.39 is 12.2 Å². The highest BCUT2D eigenvalue weighted by Gasteiger charge is 2.39. The minimum absolute atomic E-state index is 0.0146. The standard InChI is InChI=1S/C22H36O4/c1-4-5-8-11-17(2)14-15-19-18(20(23)16-21(19)24)12-9-6-7-10-13-22(25)26-3/h6,9,11,14-15,18-21,23-24H,4-5,7-8,10,12-13,16H2,1-3H3/b9-6-,15-14+,17-11+/t18-,19-,20+,21-/m1/s1. The number of hydrogen-bond acceptors (Lipinski definition) is 4. The van der Waals surface area contributed by atoms with Gasteiger partial charge in [0, 0.05) is 18.8 Å². The van der Waals surface area contributed by atoms with Crippen LogP contribution in [0.3, 0.4) is 0 Å². The Bertz CT molecular complexity index is 492. The number of esters is 1. The molecule has 1 aliphatic carbocycles. The topological polar surface area (TPSA) is 66.8 Å². The number of ether oxygens (including phenoxy) is 1. The van der Waals surface area contributed by atoms with Crippen molar-refractivity contribution < 1.29 is 19.7 Å². The normalized spacial score (nSPS) is 26.9. The van der Waals surface area contributed by atoms with Gasteiger partial charge in [0.1, 0.15) is 0 Å². The van der Waals surface area contributed by atoms with Crippen LogP contribution >= 0.6 is 0 Å². The van der Waals surface area contributed by atoms with Crippen molar-refractivity contribution >= 4 is 5.97 Å². The lowest BCUT2D eigenvalue weighted by Crippen LogP contribution is -2.19. The molecule has 0 bridgehead atoms. The summed E-state index contributed by atoms with van der Waals surface area (Å²) in [6, 6.07) is 0. The Morgan fingerprint density at radius 1 is 1.15 bits per heavy atom. The van der Waals surface area contributed by atoms with Crippen molar-refractivity contribution in [3.63, 3.8) is 0 Å². The van der Waals surface area contributed by atoms with E-state index in [9.17, 15) is 15.0 Å². The quantitative estimate of drug-likeness (QED) is 0.248. The predicted octanol–water partition coefficient (Wildman–Crippen LogP) is 4.33. The predicted molar refractivity (Wildman–Crippen MR) is 106 cm³/mol. The summed E-state index contributed by atoms with van der Waals surface area (Å²) in [7, 11) is 1.40. The monoisotopic (exact) mass is 364 g/mol. The van der Waals surface area contributed by atoms with Gasteiger partial charge in [-0.1, -0.05) is 55.7 Å². The van der Waals surface area contributed by atoms with Crippen LogP contribution in [-0.4, -0.2) is 35.5 Å². The molecule has 0 radical (unpaired) electrons. The summed E-state index contributed by atoms with van der Waals surface area (Å²) < 4.78 is 4.62. The molecule has 0 aromatic carbocycles. The van der Waals surface area contributed by atoms with E-state index in [4.69, 9.17) is 0 Å². The van der Waals surface area contributed by atoms with Gasteiger partial charge in [-0.2, -0.15) is 0 Å². The summed E-state index contributed by atoms with van der Waals surface area (Å²) in [6.07, 6.45) is 16.2. The average molecular weight is 365 g/mol. The maximum Gasteiger partial charge on any atom is 0.305 e. The molecule has 0 spiro atoms. The first-order valence-electron chi connectivity index (χ1n) is 9.92. The number of methoxy groups -OCH3 is 1. The van der Waals surface area contributed by atoms with Gasteiger partial charge in [0.05, 0.1) is 19.3 Å². The number of hydrogen-bond donors (Lipinski definition) is 2. The number of unbranched alkanes of at least 4 members (excludes halogenated alkanes) is 3. The second kappa shape index (κ2) is 12.9. The van der Waals surface area contributed by atoms with Crippen LogP contribution in [0.1, 0.15) is 65.2 Å². The van der Waals surface area contributed by atoms with Crippen LogP contribution in [0.5, 0.6) is 0 Å². The van der Waals surface area contributed by atoms with Crippen molar-refractivity contribution in [1.29, 1.82) is 0 Å². The van der Waals surface area contributed by atoms with Crippen molar-refractivity contribution in [2.24, 2.45) is 11.8 Å². The van der Waals surface area contributed by atoms with E-state index in [2.05, 4.69) is 49.0 Å². The molecular formula is C22H36O4. The highest BCUT2D eigenvalue weighted by Crippen LogP contribution is 2.36. The Morgan fingerprint density at radius 3 is 2.62 bits per heavy atom. The summed E-state index contributed by atoms with van der Waals surface area (Å²) >= 11 is 0. The molecule has 1 saturated carbocycles. The van der Waals surface area contributed by atoms with Crippen molar-refractivity contribution in [3.8, 4) is 0 Å². The number of aliphatic hydroxyl groups is 2. The van der Waals surface area contributed by atoms with E-state index in [1.807, 2.05) is 0 Å². The van der Waals surface area contributed by atoms with E-state index in [-0.39, 0.29) is 17.8 Å². The van der Waals surface area contributed by atoms with Gasteiger partial charge < -0.3 is 14.9 Å². The van der Waals surface area contributed by atoms with Crippen LogP contribution in [0, 0.1) is 11.8 Å². The van der Waals surface area contributed by atoms with Gasteiger partial charge in [0.2, 0.25) is 0 Å². The smallest absolute Gasteiger partial charge is 0.305 e. The van der Waals surface area contributed by atoms with E-state index >= 15 is 0 Å². The van der Waals surface area contributed by atoms with Crippen LogP contribution < -0.4 is 0 Å². The van der Waals surface area contributed by atoms with E-state index in [0.29, 0.717) is 12.8 Å². The summed E-state index contributed by atoms with van der Waals surface area (Å²) in [5.41, 5.74) is 1.21.